The van der Waals surface area contributed by atoms with Crippen LogP contribution >= 0.6 is 0 Å². The number of nitrogens with zero attached hydrogens (tertiary/aromatic N) is 1. The van der Waals surface area contributed by atoms with Crippen molar-refractivity contribution in [1.29, 1.82) is 0 Å². The number of carbonyl (C=O) groups excluding carboxylic acids is 4. The third-order valence-electron chi connectivity index (χ3n) is 2.75. The van der Waals surface area contributed by atoms with Crippen LogP contribution < -0.4 is 5.32 Å². The second-order valence-electron chi connectivity index (χ2n) is 3.99. The molecule has 0 saturated carbocycles. The molecule has 1 saturated heterocycles. The summed E-state index contributed by atoms with van der Waals surface area (Å²) in [6.07, 6.45) is 0. The molecule has 1 aromatic rings. The van der Waals surface area contributed by atoms with Gasteiger partial charge in [-0.05, 0) is 12.5 Å². The van der Waals surface area contributed by atoms with Crippen LogP contribution in [0.5, 0.6) is 0 Å². The number of carbonyl (C=O) groups is 4. The van der Waals surface area contributed by atoms with E-state index in [9.17, 15) is 19.2 Å². The molecule has 4 amide bonds. The van der Waals surface area contributed by atoms with Gasteiger partial charge in [0.2, 0.25) is 0 Å². The van der Waals surface area contributed by atoms with Crippen LogP contribution in [-0.2, 0) is 14.4 Å². The topological polar surface area (TPSA) is 83.6 Å². The monoisotopic (exact) mass is 258 g/mol. The van der Waals surface area contributed by atoms with Gasteiger partial charge in [-0.25, -0.2) is 9.69 Å². The Morgan fingerprint density at radius 3 is 2.42 bits per heavy atom. The van der Waals surface area contributed by atoms with Crippen LogP contribution in [0.15, 0.2) is 30.8 Å². The van der Waals surface area contributed by atoms with Gasteiger partial charge in [-0.1, -0.05) is 30.8 Å². The molecule has 1 aromatic carbocycles. The second kappa shape index (κ2) is 4.49. The molecule has 1 aliphatic heterocycles. The Hall–Kier alpha value is -2.76. The minimum Gasteiger partial charge on any atom is -0.277 e. The molecular formula is C13H10N2O4. The fourth-order valence-corrected chi connectivity index (χ4v) is 1.76. The van der Waals surface area contributed by atoms with E-state index < -0.39 is 23.6 Å². The maximum Gasteiger partial charge on any atom is 0.336 e. The Morgan fingerprint density at radius 1 is 1.16 bits per heavy atom. The summed E-state index contributed by atoms with van der Waals surface area (Å²) in [4.78, 5) is 46.3. The number of barbiturate groups is 1. The first kappa shape index (κ1) is 12.7. The van der Waals surface area contributed by atoms with Crippen molar-refractivity contribution in [2.75, 3.05) is 0 Å². The number of imide groups is 2. The van der Waals surface area contributed by atoms with Crippen LogP contribution in [0.25, 0.3) is 5.70 Å². The maximum absolute atomic E-state index is 11.7. The highest BCUT2D eigenvalue weighted by Crippen LogP contribution is 2.22. The smallest absolute Gasteiger partial charge is 0.277 e. The molecule has 0 radical (unpaired) electrons. The molecule has 0 atom stereocenters. The third-order valence-corrected chi connectivity index (χ3v) is 2.75. The highest BCUT2D eigenvalue weighted by Gasteiger charge is 2.40. The maximum atomic E-state index is 11.7. The van der Waals surface area contributed by atoms with Crippen molar-refractivity contribution in [3.05, 3.63) is 42.0 Å². The number of aryl methyl sites for hydroxylation is 1. The average Bonchev–Trinajstić information content (AvgIpc) is 2.36. The van der Waals surface area contributed by atoms with Crippen LogP contribution in [0, 0.1) is 6.92 Å². The summed E-state index contributed by atoms with van der Waals surface area (Å²) in [5, 5.41) is 1.80. The highest BCUT2D eigenvalue weighted by atomic mass is 16.2. The van der Waals surface area contributed by atoms with E-state index in [0.29, 0.717) is 10.5 Å². The number of ketones is 1. The van der Waals surface area contributed by atoms with Crippen LogP contribution in [0.3, 0.4) is 0 Å². The lowest BCUT2D eigenvalue weighted by atomic mass is 10.1. The van der Waals surface area contributed by atoms with Gasteiger partial charge in [-0.2, -0.15) is 0 Å². The summed E-state index contributed by atoms with van der Waals surface area (Å²) in [5.74, 6) is -3.69. The molecule has 0 aliphatic carbocycles. The van der Waals surface area contributed by atoms with Gasteiger partial charge in [0.05, 0.1) is 5.70 Å². The largest absolute Gasteiger partial charge is 0.336 e. The van der Waals surface area contributed by atoms with E-state index in [1.54, 1.807) is 36.5 Å². The molecule has 1 heterocycles. The van der Waals surface area contributed by atoms with Crippen LogP contribution in [0.2, 0.25) is 0 Å². The summed E-state index contributed by atoms with van der Waals surface area (Å²) in [7, 11) is 0. The van der Waals surface area contributed by atoms with Gasteiger partial charge < -0.3 is 0 Å². The van der Waals surface area contributed by atoms with Crippen molar-refractivity contribution in [3.63, 3.8) is 0 Å². The normalized spacial score (nSPS) is 15.5. The average molecular weight is 258 g/mol. The molecule has 1 fully saturated rings. The van der Waals surface area contributed by atoms with E-state index in [2.05, 4.69) is 6.58 Å². The molecule has 0 spiro atoms. The summed E-state index contributed by atoms with van der Waals surface area (Å²) in [6.45, 7) is 5.43. The predicted octanol–water partition coefficient (Wildman–Crippen LogP) is 0.613. The molecule has 6 nitrogen and oxygen atoms in total. The van der Waals surface area contributed by atoms with E-state index in [0.717, 1.165) is 5.56 Å². The fourth-order valence-electron chi connectivity index (χ4n) is 1.76. The van der Waals surface area contributed by atoms with E-state index >= 15 is 0 Å². The molecule has 19 heavy (non-hydrogen) atoms. The van der Waals surface area contributed by atoms with Gasteiger partial charge in [-0.3, -0.25) is 19.7 Å². The lowest BCUT2D eigenvalue weighted by molar-refractivity contribution is -0.149. The Kier molecular flexibility index (Phi) is 3.00. The molecule has 0 unspecified atom stereocenters. The SMILES string of the molecule is C=C(c1ccccc1C)N1C(=O)NC(=O)C(=O)C1=O. The molecule has 1 aliphatic rings. The molecule has 0 bridgehead atoms. The van der Waals surface area contributed by atoms with Gasteiger partial charge in [-0.15, -0.1) is 0 Å². The first-order chi connectivity index (χ1) is 8.93. The van der Waals surface area contributed by atoms with Crippen molar-refractivity contribution in [1.82, 2.24) is 10.2 Å². The molecule has 1 N–H and O–H groups in total. The number of Topliss-reactive ketones (excluding diaryl/α,β-unsaturated/α-hetero) is 1. The Morgan fingerprint density at radius 2 is 1.79 bits per heavy atom. The Labute approximate surface area is 108 Å². The Balaban J connectivity index is 2.41. The van der Waals surface area contributed by atoms with Crippen molar-refractivity contribution >= 4 is 29.3 Å². The summed E-state index contributed by atoms with van der Waals surface area (Å²) in [5.41, 5.74) is 1.40. The zero-order valence-electron chi connectivity index (χ0n) is 10.1. The van der Waals surface area contributed by atoms with E-state index in [4.69, 9.17) is 0 Å². The molecular weight excluding hydrogens is 248 g/mol. The lowest BCUT2D eigenvalue weighted by Gasteiger charge is -2.25. The van der Waals surface area contributed by atoms with Crippen molar-refractivity contribution in [3.8, 4) is 0 Å². The number of hydrogen-bond donors (Lipinski definition) is 1. The first-order valence-corrected chi connectivity index (χ1v) is 5.42. The number of rotatable bonds is 2. The van der Waals surface area contributed by atoms with Gasteiger partial charge in [0.1, 0.15) is 0 Å². The lowest BCUT2D eigenvalue weighted by Crippen LogP contribution is -2.57. The van der Waals surface area contributed by atoms with E-state index in [1.165, 1.54) is 0 Å². The Bertz CT molecular complexity index is 633. The number of urea groups is 1. The van der Waals surface area contributed by atoms with Crippen molar-refractivity contribution in [2.24, 2.45) is 0 Å². The van der Waals surface area contributed by atoms with E-state index in [-0.39, 0.29) is 5.70 Å². The number of hydrogen-bond acceptors (Lipinski definition) is 4. The van der Waals surface area contributed by atoms with E-state index in [1.807, 2.05) is 0 Å². The van der Waals surface area contributed by atoms with Crippen molar-refractivity contribution in [2.45, 2.75) is 6.92 Å². The van der Waals surface area contributed by atoms with Crippen LogP contribution in [0.4, 0.5) is 4.79 Å². The second-order valence-corrected chi connectivity index (χ2v) is 3.99. The summed E-state index contributed by atoms with van der Waals surface area (Å²) in [6, 6.07) is 5.98. The number of benzene rings is 1. The summed E-state index contributed by atoms with van der Waals surface area (Å²) >= 11 is 0. The van der Waals surface area contributed by atoms with Crippen LogP contribution in [-0.4, -0.2) is 28.5 Å². The standard InChI is InChI=1S/C13H10N2O4/c1-7-5-3-4-6-9(7)8(2)15-12(18)10(16)11(17)14-13(15)19/h3-6H,2H2,1H3,(H,14,17,19). The predicted molar refractivity (Wildman–Crippen MR) is 65.6 cm³/mol. The minimum absolute atomic E-state index is 0.0569. The van der Waals surface area contributed by atoms with Crippen LogP contribution in [0.1, 0.15) is 11.1 Å². The van der Waals surface area contributed by atoms with Gasteiger partial charge in [0, 0.05) is 5.56 Å². The highest BCUT2D eigenvalue weighted by molar-refractivity contribution is 6.67. The minimum atomic E-state index is -1.28. The third kappa shape index (κ3) is 2.03. The zero-order chi connectivity index (χ0) is 14.2. The van der Waals surface area contributed by atoms with Gasteiger partial charge in [0.25, 0.3) is 0 Å². The molecule has 6 heteroatoms. The molecule has 0 aromatic heterocycles. The first-order valence-electron chi connectivity index (χ1n) is 5.42. The fraction of sp³-hybridized carbons (Fsp3) is 0.0769. The van der Waals surface area contributed by atoms with Crippen molar-refractivity contribution < 1.29 is 19.2 Å². The zero-order valence-corrected chi connectivity index (χ0v) is 10.1. The quantitative estimate of drug-likeness (QED) is 0.788. The van der Waals surface area contributed by atoms with Gasteiger partial charge >= 0.3 is 23.6 Å². The number of nitrogens with one attached hydrogen (secondary N) is 1. The molecule has 96 valence electrons. The summed E-state index contributed by atoms with van der Waals surface area (Å²) < 4.78 is 0. The molecule has 2 rings (SSSR count). The van der Waals surface area contributed by atoms with Gasteiger partial charge in [0.15, 0.2) is 0 Å². The number of amides is 4.